The standard InChI is InChI=1S/C13H9N3/c1-8-11(6-14)9-4-2-3-5-10(9)13(16)12(8)7-15/h2-5H,16H2,1H3. The summed E-state index contributed by atoms with van der Waals surface area (Å²) in [5.74, 6) is 0. The van der Waals surface area contributed by atoms with Crippen LogP contribution in [0.15, 0.2) is 24.3 Å². The third kappa shape index (κ3) is 1.20. The van der Waals surface area contributed by atoms with Crippen LogP contribution in [0.4, 0.5) is 5.69 Å². The number of anilines is 1. The fourth-order valence-corrected chi connectivity index (χ4v) is 1.89. The van der Waals surface area contributed by atoms with Crippen molar-refractivity contribution in [1.29, 1.82) is 10.5 Å². The summed E-state index contributed by atoms with van der Waals surface area (Å²) in [4.78, 5) is 0. The summed E-state index contributed by atoms with van der Waals surface area (Å²) in [7, 11) is 0. The number of rotatable bonds is 0. The summed E-state index contributed by atoms with van der Waals surface area (Å²) < 4.78 is 0. The van der Waals surface area contributed by atoms with Gasteiger partial charge in [0.15, 0.2) is 0 Å². The van der Waals surface area contributed by atoms with E-state index in [1.54, 1.807) is 6.92 Å². The van der Waals surface area contributed by atoms with E-state index < -0.39 is 0 Å². The number of benzene rings is 2. The third-order valence-electron chi connectivity index (χ3n) is 2.73. The van der Waals surface area contributed by atoms with Gasteiger partial charge in [0.2, 0.25) is 0 Å². The van der Waals surface area contributed by atoms with Gasteiger partial charge in [0.05, 0.1) is 16.8 Å². The van der Waals surface area contributed by atoms with Gasteiger partial charge < -0.3 is 5.73 Å². The molecule has 2 N–H and O–H groups in total. The molecule has 0 fully saturated rings. The first-order valence-corrected chi connectivity index (χ1v) is 4.81. The van der Waals surface area contributed by atoms with E-state index in [0.29, 0.717) is 22.4 Å². The Bertz CT molecular complexity index is 657. The minimum absolute atomic E-state index is 0.398. The van der Waals surface area contributed by atoms with Crippen LogP contribution in [0.5, 0.6) is 0 Å². The van der Waals surface area contributed by atoms with Gasteiger partial charge >= 0.3 is 0 Å². The van der Waals surface area contributed by atoms with Crippen molar-refractivity contribution in [3.63, 3.8) is 0 Å². The van der Waals surface area contributed by atoms with Gasteiger partial charge in [0.1, 0.15) is 12.1 Å². The smallest absolute Gasteiger partial charge is 0.102 e. The van der Waals surface area contributed by atoms with E-state index in [4.69, 9.17) is 16.3 Å². The van der Waals surface area contributed by atoms with Gasteiger partial charge in [-0.1, -0.05) is 24.3 Å². The lowest BCUT2D eigenvalue weighted by atomic mass is 9.94. The second kappa shape index (κ2) is 3.56. The summed E-state index contributed by atoms with van der Waals surface area (Å²) in [6.07, 6.45) is 0. The van der Waals surface area contributed by atoms with Crippen molar-refractivity contribution in [3.8, 4) is 12.1 Å². The van der Waals surface area contributed by atoms with Crippen molar-refractivity contribution in [1.82, 2.24) is 0 Å². The minimum atomic E-state index is 0.398. The molecule has 2 aromatic rings. The summed E-state index contributed by atoms with van der Waals surface area (Å²) in [5, 5.41) is 19.7. The third-order valence-corrected chi connectivity index (χ3v) is 2.73. The monoisotopic (exact) mass is 207 g/mol. The first-order chi connectivity index (χ1) is 7.70. The summed E-state index contributed by atoms with van der Waals surface area (Å²) in [6.45, 7) is 1.75. The molecule has 3 heteroatoms. The molecule has 2 rings (SSSR count). The van der Waals surface area contributed by atoms with Crippen LogP contribution in [0.1, 0.15) is 16.7 Å². The molecule has 16 heavy (non-hydrogen) atoms. The molecule has 0 spiro atoms. The number of nitrogens with zero attached hydrogens (tertiary/aromatic N) is 2. The van der Waals surface area contributed by atoms with E-state index in [1.165, 1.54) is 0 Å². The van der Waals surface area contributed by atoms with E-state index in [0.717, 1.165) is 10.8 Å². The average Bonchev–Trinajstić information content (AvgIpc) is 2.30. The Balaban J connectivity index is 3.09. The van der Waals surface area contributed by atoms with E-state index in [1.807, 2.05) is 24.3 Å². The Hall–Kier alpha value is -2.52. The quantitative estimate of drug-likeness (QED) is 0.674. The summed E-state index contributed by atoms with van der Waals surface area (Å²) in [5.41, 5.74) is 7.96. The predicted octanol–water partition coefficient (Wildman–Crippen LogP) is 2.47. The maximum absolute atomic E-state index is 9.13. The van der Waals surface area contributed by atoms with Gasteiger partial charge in [-0.2, -0.15) is 10.5 Å². The Morgan fingerprint density at radius 1 is 1.00 bits per heavy atom. The molecule has 0 amide bonds. The second-order valence-corrected chi connectivity index (χ2v) is 3.56. The largest absolute Gasteiger partial charge is 0.397 e. The van der Waals surface area contributed by atoms with Crippen LogP contribution in [-0.2, 0) is 0 Å². The molecule has 0 radical (unpaired) electrons. The van der Waals surface area contributed by atoms with Crippen LogP contribution in [0.3, 0.4) is 0 Å². The SMILES string of the molecule is Cc1c(C#N)c(N)c2ccccc2c1C#N. The molecule has 0 aliphatic carbocycles. The molecule has 0 saturated heterocycles. The lowest BCUT2D eigenvalue weighted by Gasteiger charge is -2.09. The van der Waals surface area contributed by atoms with Crippen LogP contribution >= 0.6 is 0 Å². The van der Waals surface area contributed by atoms with Crippen molar-refractivity contribution in [2.45, 2.75) is 6.92 Å². The second-order valence-electron chi connectivity index (χ2n) is 3.56. The van der Waals surface area contributed by atoms with Crippen LogP contribution in [0.25, 0.3) is 10.8 Å². The zero-order valence-electron chi connectivity index (χ0n) is 8.78. The molecule has 0 bridgehead atoms. The minimum Gasteiger partial charge on any atom is -0.397 e. The lowest BCUT2D eigenvalue weighted by molar-refractivity contribution is 1.38. The fraction of sp³-hybridized carbons (Fsp3) is 0.0769. The van der Waals surface area contributed by atoms with Gasteiger partial charge in [0, 0.05) is 10.8 Å². The van der Waals surface area contributed by atoms with Gasteiger partial charge in [0.25, 0.3) is 0 Å². The van der Waals surface area contributed by atoms with Crippen molar-refractivity contribution in [3.05, 3.63) is 41.0 Å². The summed E-state index contributed by atoms with van der Waals surface area (Å²) in [6, 6.07) is 11.6. The molecule has 2 aromatic carbocycles. The van der Waals surface area contributed by atoms with Crippen LogP contribution in [0, 0.1) is 29.6 Å². The molecule has 0 heterocycles. The van der Waals surface area contributed by atoms with Gasteiger partial charge in [-0.15, -0.1) is 0 Å². The fourth-order valence-electron chi connectivity index (χ4n) is 1.89. The number of hydrogen-bond acceptors (Lipinski definition) is 3. The Morgan fingerprint density at radius 2 is 1.56 bits per heavy atom. The highest BCUT2D eigenvalue weighted by atomic mass is 14.6. The lowest BCUT2D eigenvalue weighted by Crippen LogP contribution is -1.98. The Labute approximate surface area is 93.3 Å². The van der Waals surface area contributed by atoms with Crippen molar-refractivity contribution in [2.75, 3.05) is 5.73 Å². The van der Waals surface area contributed by atoms with E-state index in [9.17, 15) is 0 Å². The van der Waals surface area contributed by atoms with E-state index >= 15 is 0 Å². The molecular formula is C13H9N3. The highest BCUT2D eigenvalue weighted by Crippen LogP contribution is 2.31. The van der Waals surface area contributed by atoms with Crippen molar-refractivity contribution >= 4 is 16.5 Å². The van der Waals surface area contributed by atoms with Gasteiger partial charge in [-0.3, -0.25) is 0 Å². The molecule has 0 atom stereocenters. The molecule has 0 unspecified atom stereocenters. The summed E-state index contributed by atoms with van der Waals surface area (Å²) >= 11 is 0. The predicted molar refractivity (Wildman–Crippen MR) is 62.5 cm³/mol. The molecule has 76 valence electrons. The van der Waals surface area contributed by atoms with Gasteiger partial charge in [-0.05, 0) is 12.5 Å². The first kappa shape index (κ1) is 10.0. The normalized spacial score (nSPS) is 9.69. The number of hydrogen-bond donors (Lipinski definition) is 1. The number of nitrogen functional groups attached to an aromatic ring is 1. The zero-order chi connectivity index (χ0) is 11.7. The topological polar surface area (TPSA) is 73.6 Å². The average molecular weight is 207 g/mol. The van der Waals surface area contributed by atoms with Gasteiger partial charge in [-0.25, -0.2) is 0 Å². The number of fused-ring (bicyclic) bond motifs is 1. The number of nitrogens with two attached hydrogens (primary N) is 1. The Kier molecular flexibility index (Phi) is 2.23. The first-order valence-electron chi connectivity index (χ1n) is 4.81. The maximum atomic E-state index is 9.13. The van der Waals surface area contributed by atoms with Crippen LogP contribution < -0.4 is 5.73 Å². The number of nitriles is 2. The van der Waals surface area contributed by atoms with E-state index in [-0.39, 0.29) is 0 Å². The van der Waals surface area contributed by atoms with Crippen molar-refractivity contribution in [2.24, 2.45) is 0 Å². The Morgan fingerprint density at radius 3 is 2.12 bits per heavy atom. The highest BCUT2D eigenvalue weighted by molar-refractivity contribution is 6.00. The molecule has 0 saturated carbocycles. The molecular weight excluding hydrogens is 198 g/mol. The van der Waals surface area contributed by atoms with Crippen LogP contribution in [0.2, 0.25) is 0 Å². The highest BCUT2D eigenvalue weighted by Gasteiger charge is 2.13. The van der Waals surface area contributed by atoms with E-state index in [2.05, 4.69) is 12.1 Å². The molecule has 0 aliphatic heterocycles. The van der Waals surface area contributed by atoms with Crippen LogP contribution in [-0.4, -0.2) is 0 Å². The zero-order valence-corrected chi connectivity index (χ0v) is 8.78. The molecule has 0 aliphatic rings. The maximum Gasteiger partial charge on any atom is 0.102 e. The van der Waals surface area contributed by atoms with Crippen molar-refractivity contribution < 1.29 is 0 Å². The molecule has 0 aromatic heterocycles. The molecule has 3 nitrogen and oxygen atoms in total.